The van der Waals surface area contributed by atoms with Crippen LogP contribution in [0.4, 0.5) is 0 Å². The Morgan fingerprint density at radius 3 is 2.58 bits per heavy atom. The monoisotopic (exact) mass is 436 g/mol. The third kappa shape index (κ3) is 4.23. The van der Waals surface area contributed by atoms with Crippen LogP contribution in [0.15, 0.2) is 33.5 Å². The van der Waals surface area contributed by atoms with Gasteiger partial charge in [0.1, 0.15) is 34.9 Å². The summed E-state index contributed by atoms with van der Waals surface area (Å²) in [6.45, 7) is 7.18. The number of ether oxygens (including phenoxy) is 3. The van der Waals surface area contributed by atoms with Crippen LogP contribution in [-0.2, 0) is 9.47 Å². The minimum atomic E-state index is -1.15. The number of methoxy groups -OCH3 is 1. The first-order valence-corrected chi connectivity index (χ1v) is 10.5. The van der Waals surface area contributed by atoms with Crippen LogP contribution in [0, 0.1) is 6.92 Å². The summed E-state index contributed by atoms with van der Waals surface area (Å²) in [4.78, 5) is 11.6. The first kappa shape index (κ1) is 23.7. The number of hydrogen-bond donors (Lipinski definition) is 3. The second kappa shape index (κ2) is 8.88. The van der Waals surface area contributed by atoms with Gasteiger partial charge in [-0.2, -0.15) is 0 Å². The summed E-state index contributed by atoms with van der Waals surface area (Å²) >= 11 is 0. The Labute approximate surface area is 181 Å². The second-order valence-electron chi connectivity index (χ2n) is 8.56. The van der Waals surface area contributed by atoms with Gasteiger partial charge in [0, 0.05) is 12.0 Å². The quantitative estimate of drug-likeness (QED) is 0.553. The van der Waals surface area contributed by atoms with Crippen molar-refractivity contribution in [2.75, 3.05) is 7.11 Å². The van der Waals surface area contributed by atoms with Crippen LogP contribution < -0.4 is 10.4 Å². The normalized spacial score (nSPS) is 36.4. The van der Waals surface area contributed by atoms with E-state index in [1.54, 1.807) is 45.1 Å². The molecule has 2 fully saturated rings. The van der Waals surface area contributed by atoms with E-state index < -0.39 is 41.2 Å². The fraction of sp³-hybridized carbons (Fsp3) is 0.609. The van der Waals surface area contributed by atoms with Gasteiger partial charge in [0.2, 0.25) is 0 Å². The Morgan fingerprint density at radius 2 is 1.94 bits per heavy atom. The van der Waals surface area contributed by atoms with Crippen LogP contribution >= 0.6 is 0 Å². The molecule has 0 aliphatic carbocycles. The molecule has 0 spiro atoms. The third-order valence-electron chi connectivity index (χ3n) is 6.42. The molecule has 1 unspecified atom stereocenters. The number of aliphatic hydroxyl groups excluding tert-OH is 3. The van der Waals surface area contributed by atoms with Crippen LogP contribution in [0.2, 0.25) is 0 Å². The van der Waals surface area contributed by atoms with E-state index in [0.29, 0.717) is 23.5 Å². The molecule has 8 nitrogen and oxygen atoms in total. The van der Waals surface area contributed by atoms with Gasteiger partial charge in [-0.1, -0.05) is 25.2 Å². The van der Waals surface area contributed by atoms with E-state index in [0.717, 1.165) is 0 Å². The molecule has 1 aromatic heterocycles. The van der Waals surface area contributed by atoms with Crippen LogP contribution in [-0.4, -0.2) is 64.2 Å². The molecule has 2 aliphatic heterocycles. The molecule has 7 atom stereocenters. The van der Waals surface area contributed by atoms with Crippen molar-refractivity contribution in [3.05, 3.63) is 46.0 Å². The minimum absolute atomic E-state index is 0.135. The molecule has 0 radical (unpaired) electrons. The molecule has 1 aromatic rings. The van der Waals surface area contributed by atoms with Crippen molar-refractivity contribution in [3.8, 4) is 5.75 Å². The van der Waals surface area contributed by atoms with Crippen molar-refractivity contribution in [2.45, 2.75) is 82.3 Å². The van der Waals surface area contributed by atoms with Crippen molar-refractivity contribution >= 4 is 6.08 Å². The average molecular weight is 437 g/mol. The summed E-state index contributed by atoms with van der Waals surface area (Å²) in [5.41, 5.74) is -1.92. The Bertz CT molecular complexity index is 901. The minimum Gasteiger partial charge on any atom is -0.496 e. The molecule has 0 saturated carbocycles. The van der Waals surface area contributed by atoms with Crippen LogP contribution in [0.5, 0.6) is 5.75 Å². The van der Waals surface area contributed by atoms with Crippen molar-refractivity contribution in [2.24, 2.45) is 0 Å². The molecule has 31 heavy (non-hydrogen) atoms. The van der Waals surface area contributed by atoms with Gasteiger partial charge in [0.25, 0.3) is 0 Å². The number of hydrogen-bond acceptors (Lipinski definition) is 8. The molecular formula is C23H32O8. The second-order valence-corrected chi connectivity index (χ2v) is 8.56. The largest absolute Gasteiger partial charge is 0.496 e. The van der Waals surface area contributed by atoms with Crippen LogP contribution in [0.1, 0.15) is 44.9 Å². The molecule has 3 heterocycles. The molecule has 2 saturated heterocycles. The Balaban J connectivity index is 1.67. The van der Waals surface area contributed by atoms with E-state index in [1.165, 1.54) is 13.2 Å². The molecule has 172 valence electrons. The molecule has 0 amide bonds. The summed E-state index contributed by atoms with van der Waals surface area (Å²) in [6.07, 6.45) is 3.20. The zero-order valence-electron chi connectivity index (χ0n) is 18.6. The van der Waals surface area contributed by atoms with Gasteiger partial charge < -0.3 is 33.9 Å². The Kier molecular flexibility index (Phi) is 6.78. The van der Waals surface area contributed by atoms with Crippen molar-refractivity contribution in [1.82, 2.24) is 0 Å². The van der Waals surface area contributed by atoms with E-state index in [2.05, 4.69) is 0 Å². The summed E-state index contributed by atoms with van der Waals surface area (Å²) in [5, 5.41) is 31.9. The van der Waals surface area contributed by atoms with Crippen LogP contribution in [0.25, 0.3) is 6.08 Å². The zero-order chi connectivity index (χ0) is 23.0. The highest BCUT2D eigenvalue weighted by molar-refractivity contribution is 5.52. The Morgan fingerprint density at radius 1 is 1.23 bits per heavy atom. The van der Waals surface area contributed by atoms with Gasteiger partial charge in [-0.25, -0.2) is 4.79 Å². The predicted octanol–water partition coefficient (Wildman–Crippen LogP) is 1.72. The van der Waals surface area contributed by atoms with Gasteiger partial charge in [-0.3, -0.25) is 0 Å². The van der Waals surface area contributed by atoms with Crippen molar-refractivity contribution < 1.29 is 33.9 Å². The smallest absolute Gasteiger partial charge is 0.339 e. The molecule has 3 N–H and O–H groups in total. The van der Waals surface area contributed by atoms with Gasteiger partial charge >= 0.3 is 5.63 Å². The Hall–Kier alpha value is -1.97. The highest BCUT2D eigenvalue weighted by Crippen LogP contribution is 2.50. The maximum Gasteiger partial charge on any atom is 0.339 e. The van der Waals surface area contributed by atoms with Crippen molar-refractivity contribution in [3.63, 3.8) is 0 Å². The molecule has 2 bridgehead atoms. The summed E-state index contributed by atoms with van der Waals surface area (Å²) < 4.78 is 22.3. The predicted molar refractivity (Wildman–Crippen MR) is 114 cm³/mol. The zero-order valence-corrected chi connectivity index (χ0v) is 18.6. The van der Waals surface area contributed by atoms with E-state index in [-0.39, 0.29) is 12.5 Å². The number of allylic oxidation sites excluding steroid dienone is 2. The topological polar surface area (TPSA) is 119 Å². The highest BCUT2D eigenvalue weighted by atomic mass is 16.6. The lowest BCUT2D eigenvalue weighted by atomic mass is 9.77. The van der Waals surface area contributed by atoms with Gasteiger partial charge in [-0.05, 0) is 33.3 Å². The third-order valence-corrected chi connectivity index (χ3v) is 6.42. The SMILES string of the molecule is CC[C@H]1O[C@@]2(C)[C@H](O)[C@@]1(C)O[C@@H](CC(O)/C=C/C=C/c1oc(=O)cc(OC)c1C)[C@@H]2O. The van der Waals surface area contributed by atoms with Gasteiger partial charge in [0.05, 0.1) is 31.5 Å². The summed E-state index contributed by atoms with van der Waals surface area (Å²) in [7, 11) is 1.48. The number of fused-ring (bicyclic) bond motifs is 2. The van der Waals surface area contributed by atoms with E-state index in [4.69, 9.17) is 18.6 Å². The van der Waals surface area contributed by atoms with Crippen molar-refractivity contribution in [1.29, 1.82) is 0 Å². The first-order valence-electron chi connectivity index (χ1n) is 10.5. The van der Waals surface area contributed by atoms with E-state index >= 15 is 0 Å². The lowest BCUT2D eigenvalue weighted by molar-refractivity contribution is -0.241. The van der Waals surface area contributed by atoms with E-state index in [9.17, 15) is 20.1 Å². The molecule has 2 aliphatic rings. The molecular weight excluding hydrogens is 404 g/mol. The lowest BCUT2D eigenvalue weighted by Crippen LogP contribution is -2.65. The lowest BCUT2D eigenvalue weighted by Gasteiger charge is -2.47. The number of aliphatic hydroxyl groups is 3. The summed E-state index contributed by atoms with van der Waals surface area (Å²) in [5.74, 6) is 0.804. The molecule has 8 heteroatoms. The maximum absolute atomic E-state index is 11.6. The fourth-order valence-electron chi connectivity index (χ4n) is 4.60. The highest BCUT2D eigenvalue weighted by Gasteiger charge is 2.67. The molecule has 0 aromatic carbocycles. The fourth-order valence-corrected chi connectivity index (χ4v) is 4.60. The standard InChI is InChI=1S/C23H32O8/c1-6-18-22(3)21(27)23(4,31-18)20(26)17(30-22)11-14(24)9-7-8-10-15-13(2)16(28-5)12-19(25)29-15/h7-10,12,14,17-18,20-21,24,26-27H,6,11H2,1-5H3/b9-7+,10-8+/t14?,17-,18+,20-,21+,22-,23+/m0/s1. The van der Waals surface area contributed by atoms with E-state index in [1.807, 2.05) is 6.92 Å². The van der Waals surface area contributed by atoms with Gasteiger partial charge in [0.15, 0.2) is 0 Å². The van der Waals surface area contributed by atoms with Crippen LogP contribution in [0.3, 0.4) is 0 Å². The molecule has 3 rings (SSSR count). The maximum atomic E-state index is 11.6. The summed E-state index contributed by atoms with van der Waals surface area (Å²) in [6, 6.07) is 1.28. The number of rotatable bonds is 7. The van der Waals surface area contributed by atoms with Gasteiger partial charge in [-0.15, -0.1) is 0 Å². The first-order chi connectivity index (χ1) is 14.6. The average Bonchev–Trinajstić information content (AvgIpc) is 2.88.